The fourth-order valence-corrected chi connectivity index (χ4v) is 4.68. The molecule has 2 atom stereocenters. The van der Waals surface area contributed by atoms with Gasteiger partial charge in [0.1, 0.15) is 0 Å². The number of aliphatic imine (C=N–C) groups is 1. The second-order valence-corrected chi connectivity index (χ2v) is 9.69. The minimum atomic E-state index is -3.13. The first kappa shape index (κ1) is 23.6. The first-order valence-electron chi connectivity index (χ1n) is 10.6. The van der Waals surface area contributed by atoms with Crippen molar-refractivity contribution in [2.24, 2.45) is 4.99 Å². The van der Waals surface area contributed by atoms with Crippen LogP contribution in [-0.4, -0.2) is 74.6 Å². The quantitative estimate of drug-likeness (QED) is 0.341. The molecule has 0 bridgehead atoms. The maximum atomic E-state index is 11.7. The molecule has 7 nitrogen and oxygen atoms in total. The average molecular weight is 424 g/mol. The molecule has 2 unspecified atom stereocenters. The third kappa shape index (κ3) is 7.95. The van der Waals surface area contributed by atoms with Crippen LogP contribution in [0.2, 0.25) is 0 Å². The van der Waals surface area contributed by atoms with E-state index in [9.17, 15) is 8.42 Å². The molecule has 0 aromatic heterocycles. The van der Waals surface area contributed by atoms with E-state index in [-0.39, 0.29) is 0 Å². The lowest BCUT2D eigenvalue weighted by Crippen LogP contribution is -2.44. The zero-order valence-electron chi connectivity index (χ0n) is 18.3. The smallest absolute Gasteiger partial charge is 0.211 e. The van der Waals surface area contributed by atoms with E-state index in [1.54, 1.807) is 0 Å². The molecular formula is C21H37N5O2S. The van der Waals surface area contributed by atoms with Crippen LogP contribution in [0.25, 0.3) is 0 Å². The van der Waals surface area contributed by atoms with E-state index in [1.807, 2.05) is 6.92 Å². The van der Waals surface area contributed by atoms with Crippen LogP contribution >= 0.6 is 0 Å². The van der Waals surface area contributed by atoms with Crippen LogP contribution in [0.4, 0.5) is 0 Å². The Labute approximate surface area is 176 Å². The van der Waals surface area contributed by atoms with E-state index in [0.717, 1.165) is 32.0 Å². The highest BCUT2D eigenvalue weighted by Crippen LogP contribution is 2.20. The van der Waals surface area contributed by atoms with Crippen molar-refractivity contribution < 1.29 is 8.42 Å². The molecule has 1 aliphatic rings. The number of likely N-dealkylation sites (tertiary alicyclic amines) is 1. The van der Waals surface area contributed by atoms with Crippen LogP contribution in [0.5, 0.6) is 0 Å². The van der Waals surface area contributed by atoms with E-state index in [1.165, 1.54) is 16.1 Å². The van der Waals surface area contributed by atoms with Crippen molar-refractivity contribution in [1.82, 2.24) is 19.8 Å². The minimum absolute atomic E-state index is 0.356. The van der Waals surface area contributed by atoms with Crippen LogP contribution in [0, 0.1) is 0 Å². The fraction of sp³-hybridized carbons (Fsp3) is 0.667. The highest BCUT2D eigenvalue weighted by atomic mass is 32.2. The average Bonchev–Trinajstić information content (AvgIpc) is 3.00. The molecule has 0 radical (unpaired) electrons. The monoisotopic (exact) mass is 423 g/mol. The molecule has 0 spiro atoms. The molecule has 1 aliphatic heterocycles. The number of benzene rings is 1. The Balaban J connectivity index is 1.85. The van der Waals surface area contributed by atoms with Crippen molar-refractivity contribution in [3.63, 3.8) is 0 Å². The normalized spacial score (nSPS) is 20.9. The van der Waals surface area contributed by atoms with Gasteiger partial charge in [-0.3, -0.25) is 9.89 Å². The summed E-state index contributed by atoms with van der Waals surface area (Å²) in [5, 5.41) is 6.87. The Hall–Kier alpha value is -1.64. The topological polar surface area (TPSA) is 77.0 Å². The highest BCUT2D eigenvalue weighted by molar-refractivity contribution is 7.88. The molecule has 0 amide bonds. The van der Waals surface area contributed by atoms with E-state index in [4.69, 9.17) is 0 Å². The molecule has 1 aromatic rings. The number of hydrogen-bond donors (Lipinski definition) is 2. The summed E-state index contributed by atoms with van der Waals surface area (Å²) in [4.78, 5) is 7.16. The van der Waals surface area contributed by atoms with Gasteiger partial charge in [0.05, 0.1) is 6.26 Å². The number of nitrogens with zero attached hydrogens (tertiary/aromatic N) is 3. The molecule has 164 valence electrons. The van der Waals surface area contributed by atoms with Crippen LogP contribution in [0.1, 0.15) is 39.2 Å². The minimum Gasteiger partial charge on any atom is -0.357 e. The second kappa shape index (κ2) is 11.5. The van der Waals surface area contributed by atoms with Crippen LogP contribution in [0.3, 0.4) is 0 Å². The maximum absolute atomic E-state index is 11.7. The van der Waals surface area contributed by atoms with Crippen LogP contribution < -0.4 is 10.6 Å². The molecule has 29 heavy (non-hydrogen) atoms. The summed E-state index contributed by atoms with van der Waals surface area (Å²) in [5.41, 5.74) is 1.34. The summed E-state index contributed by atoms with van der Waals surface area (Å²) >= 11 is 0. The predicted molar refractivity (Wildman–Crippen MR) is 121 cm³/mol. The van der Waals surface area contributed by atoms with Gasteiger partial charge in [0.25, 0.3) is 0 Å². The first-order valence-corrected chi connectivity index (χ1v) is 12.5. The molecule has 2 rings (SSSR count). The number of guanidine groups is 1. The summed E-state index contributed by atoms with van der Waals surface area (Å²) in [6.07, 6.45) is 3.04. The van der Waals surface area contributed by atoms with Crippen molar-refractivity contribution in [2.75, 3.05) is 39.0 Å². The number of rotatable bonds is 10. The predicted octanol–water partition coefficient (Wildman–Crippen LogP) is 1.88. The maximum Gasteiger partial charge on any atom is 0.211 e. The molecular weight excluding hydrogens is 386 g/mol. The van der Waals surface area contributed by atoms with Crippen molar-refractivity contribution in [2.45, 2.75) is 52.2 Å². The van der Waals surface area contributed by atoms with Crippen molar-refractivity contribution >= 4 is 16.0 Å². The van der Waals surface area contributed by atoms with Gasteiger partial charge in [-0.05, 0) is 32.3 Å². The summed E-state index contributed by atoms with van der Waals surface area (Å²) in [6, 6.07) is 11.5. The van der Waals surface area contributed by atoms with Gasteiger partial charge in [0, 0.05) is 51.4 Å². The summed E-state index contributed by atoms with van der Waals surface area (Å²) in [5.74, 6) is 0.814. The summed E-state index contributed by atoms with van der Waals surface area (Å²) in [7, 11) is -3.13. The van der Waals surface area contributed by atoms with Gasteiger partial charge in [-0.25, -0.2) is 12.7 Å². The van der Waals surface area contributed by atoms with Gasteiger partial charge < -0.3 is 10.6 Å². The van der Waals surface area contributed by atoms with E-state index in [2.05, 4.69) is 64.7 Å². The zero-order chi connectivity index (χ0) is 21.3. The lowest BCUT2D eigenvalue weighted by atomic mass is 10.2. The van der Waals surface area contributed by atoms with Crippen molar-refractivity contribution in [3.8, 4) is 0 Å². The third-order valence-electron chi connectivity index (χ3n) is 5.27. The Morgan fingerprint density at radius 2 is 2.00 bits per heavy atom. The van der Waals surface area contributed by atoms with Crippen molar-refractivity contribution in [3.05, 3.63) is 35.9 Å². The van der Waals surface area contributed by atoms with E-state index in [0.29, 0.717) is 38.1 Å². The Morgan fingerprint density at radius 3 is 2.62 bits per heavy atom. The number of hydrogen-bond acceptors (Lipinski definition) is 4. The molecule has 0 aliphatic carbocycles. The van der Waals surface area contributed by atoms with Crippen molar-refractivity contribution in [1.29, 1.82) is 0 Å². The van der Waals surface area contributed by atoms with Gasteiger partial charge in [0.15, 0.2) is 5.96 Å². The summed E-state index contributed by atoms with van der Waals surface area (Å²) in [6.45, 7) is 10.5. The molecule has 1 heterocycles. The third-order valence-corrected chi connectivity index (χ3v) is 6.65. The van der Waals surface area contributed by atoms with Crippen LogP contribution in [-0.2, 0) is 16.6 Å². The molecule has 0 saturated carbocycles. The lowest BCUT2D eigenvalue weighted by molar-refractivity contribution is 0.258. The van der Waals surface area contributed by atoms with Gasteiger partial charge in [0.2, 0.25) is 10.0 Å². The van der Waals surface area contributed by atoms with Gasteiger partial charge in [-0.15, -0.1) is 0 Å². The SMILES string of the molecule is CCNC(=NCCCN(CC)S(C)(=O)=O)NC1CC(C)N(Cc2ccccc2)C1. The van der Waals surface area contributed by atoms with E-state index < -0.39 is 10.0 Å². The first-order chi connectivity index (χ1) is 13.8. The number of sulfonamides is 1. The summed E-state index contributed by atoms with van der Waals surface area (Å²) < 4.78 is 24.8. The van der Waals surface area contributed by atoms with Gasteiger partial charge >= 0.3 is 0 Å². The van der Waals surface area contributed by atoms with E-state index >= 15 is 0 Å². The van der Waals surface area contributed by atoms with Gasteiger partial charge in [-0.1, -0.05) is 37.3 Å². The molecule has 1 saturated heterocycles. The largest absolute Gasteiger partial charge is 0.357 e. The Morgan fingerprint density at radius 1 is 1.28 bits per heavy atom. The zero-order valence-corrected chi connectivity index (χ0v) is 19.1. The molecule has 1 aromatic carbocycles. The second-order valence-electron chi connectivity index (χ2n) is 7.71. The Kier molecular flexibility index (Phi) is 9.39. The highest BCUT2D eigenvalue weighted by Gasteiger charge is 2.29. The standard InChI is InChI=1S/C21H37N5O2S/c1-5-22-21(23-13-10-14-26(6-2)29(4,27)28)24-20-15-18(3)25(17-20)16-19-11-8-7-9-12-19/h7-9,11-12,18,20H,5-6,10,13-17H2,1-4H3,(H2,22,23,24). The molecule has 2 N–H and O–H groups in total. The molecule has 8 heteroatoms. The lowest BCUT2D eigenvalue weighted by Gasteiger charge is -2.21. The molecule has 1 fully saturated rings. The van der Waals surface area contributed by atoms with Crippen LogP contribution in [0.15, 0.2) is 35.3 Å². The van der Waals surface area contributed by atoms with Gasteiger partial charge in [-0.2, -0.15) is 0 Å². The number of nitrogens with one attached hydrogen (secondary N) is 2. The fourth-order valence-electron chi connectivity index (χ4n) is 3.75. The Bertz CT molecular complexity index is 739.